The number of furan rings is 1. The van der Waals surface area contributed by atoms with Crippen LogP contribution in [0.3, 0.4) is 0 Å². The molecule has 0 spiro atoms. The molecule has 3 aromatic rings. The zero-order valence-corrected chi connectivity index (χ0v) is 14.8. The molecule has 4 rings (SSSR count). The first-order chi connectivity index (χ1) is 12.5. The lowest BCUT2D eigenvalue weighted by atomic mass is 10.1. The quantitative estimate of drug-likeness (QED) is 0.782. The van der Waals surface area contributed by atoms with Crippen molar-refractivity contribution in [1.29, 1.82) is 0 Å². The smallest absolute Gasteiger partial charge is 0.251 e. The van der Waals surface area contributed by atoms with Crippen LogP contribution in [0, 0.1) is 0 Å². The Hall–Kier alpha value is -3.08. The Labute approximate surface area is 151 Å². The average Bonchev–Trinajstić information content (AvgIpc) is 3.25. The van der Waals surface area contributed by atoms with Crippen molar-refractivity contribution >= 4 is 28.5 Å². The van der Waals surface area contributed by atoms with Gasteiger partial charge in [-0.1, -0.05) is 18.2 Å². The molecule has 1 unspecified atom stereocenters. The van der Waals surface area contributed by atoms with Crippen molar-refractivity contribution < 1.29 is 14.0 Å². The van der Waals surface area contributed by atoms with Gasteiger partial charge in [0.05, 0.1) is 6.04 Å². The summed E-state index contributed by atoms with van der Waals surface area (Å²) in [7, 11) is 0. The number of benzene rings is 2. The van der Waals surface area contributed by atoms with Crippen molar-refractivity contribution in [3.8, 4) is 0 Å². The van der Waals surface area contributed by atoms with Gasteiger partial charge in [0.25, 0.3) is 5.91 Å². The average molecular weight is 348 g/mol. The number of hydrogen-bond donors (Lipinski definition) is 1. The molecule has 1 aliphatic rings. The molecule has 5 heteroatoms. The summed E-state index contributed by atoms with van der Waals surface area (Å²) in [5.41, 5.74) is 3.34. The van der Waals surface area contributed by atoms with Crippen molar-refractivity contribution in [2.75, 3.05) is 11.4 Å². The standard InChI is InChI=1S/C21H20N2O3/c1-13(20-12-16-5-3-4-6-19(16)26-20)22-21(25)17-7-8-18-15(11-17)9-10-23(18)14(2)24/h3-8,11-13H,9-10H2,1-2H3,(H,22,25). The van der Waals surface area contributed by atoms with E-state index in [4.69, 9.17) is 4.42 Å². The lowest BCUT2D eigenvalue weighted by molar-refractivity contribution is -0.116. The SMILES string of the molecule is CC(=O)N1CCc2cc(C(=O)NC(C)c3cc4ccccc4o3)ccc21. The molecule has 26 heavy (non-hydrogen) atoms. The minimum absolute atomic E-state index is 0.0273. The first kappa shape index (κ1) is 16.4. The summed E-state index contributed by atoms with van der Waals surface area (Å²) in [5, 5.41) is 4.00. The number of anilines is 1. The van der Waals surface area contributed by atoms with Crippen molar-refractivity contribution in [3.05, 3.63) is 65.4 Å². The Kier molecular flexibility index (Phi) is 3.99. The Morgan fingerprint density at radius 1 is 1.15 bits per heavy atom. The van der Waals surface area contributed by atoms with E-state index in [9.17, 15) is 9.59 Å². The van der Waals surface area contributed by atoms with Crippen LogP contribution >= 0.6 is 0 Å². The van der Waals surface area contributed by atoms with Gasteiger partial charge in [0, 0.05) is 30.1 Å². The van der Waals surface area contributed by atoms with Gasteiger partial charge in [-0.25, -0.2) is 0 Å². The molecule has 0 saturated carbocycles. The highest BCUT2D eigenvalue weighted by Crippen LogP contribution is 2.29. The summed E-state index contributed by atoms with van der Waals surface area (Å²) >= 11 is 0. The predicted molar refractivity (Wildman–Crippen MR) is 100 cm³/mol. The van der Waals surface area contributed by atoms with Crippen LogP contribution in [0.4, 0.5) is 5.69 Å². The van der Waals surface area contributed by atoms with Crippen LogP contribution < -0.4 is 10.2 Å². The molecule has 0 fully saturated rings. The third-order valence-corrected chi connectivity index (χ3v) is 4.84. The maximum absolute atomic E-state index is 12.6. The lowest BCUT2D eigenvalue weighted by Crippen LogP contribution is -2.27. The summed E-state index contributed by atoms with van der Waals surface area (Å²) < 4.78 is 5.82. The summed E-state index contributed by atoms with van der Waals surface area (Å²) in [6, 6.07) is 15.0. The van der Waals surface area contributed by atoms with E-state index in [2.05, 4.69) is 5.32 Å². The van der Waals surface area contributed by atoms with Crippen molar-refractivity contribution in [2.45, 2.75) is 26.3 Å². The molecular formula is C21H20N2O3. The molecule has 5 nitrogen and oxygen atoms in total. The van der Waals surface area contributed by atoms with Crippen LogP contribution in [0.15, 0.2) is 52.9 Å². The molecule has 1 aromatic heterocycles. The van der Waals surface area contributed by atoms with Gasteiger partial charge < -0.3 is 14.6 Å². The van der Waals surface area contributed by atoms with Gasteiger partial charge in [-0.3, -0.25) is 9.59 Å². The van der Waals surface area contributed by atoms with Crippen molar-refractivity contribution in [2.24, 2.45) is 0 Å². The zero-order chi connectivity index (χ0) is 18.3. The Morgan fingerprint density at radius 3 is 2.73 bits per heavy atom. The fourth-order valence-corrected chi connectivity index (χ4v) is 3.44. The van der Waals surface area contributed by atoms with Gasteiger partial charge in [0.2, 0.25) is 5.91 Å². The van der Waals surface area contributed by atoms with E-state index in [1.54, 1.807) is 17.9 Å². The molecule has 132 valence electrons. The van der Waals surface area contributed by atoms with Crippen LogP contribution in [-0.2, 0) is 11.2 Å². The molecular weight excluding hydrogens is 328 g/mol. The third-order valence-electron chi connectivity index (χ3n) is 4.84. The number of carbonyl (C=O) groups excluding carboxylic acids is 2. The van der Waals surface area contributed by atoms with Crippen LogP contribution in [-0.4, -0.2) is 18.4 Å². The minimum atomic E-state index is -0.239. The van der Waals surface area contributed by atoms with Gasteiger partial charge in [0.15, 0.2) is 0 Å². The fraction of sp³-hybridized carbons (Fsp3) is 0.238. The second-order valence-electron chi connectivity index (χ2n) is 6.65. The monoisotopic (exact) mass is 348 g/mol. The highest BCUT2D eigenvalue weighted by Gasteiger charge is 2.23. The van der Waals surface area contributed by atoms with E-state index in [1.165, 1.54) is 0 Å². The molecule has 2 aromatic carbocycles. The molecule has 1 atom stereocenters. The summed E-state index contributed by atoms with van der Waals surface area (Å²) in [4.78, 5) is 26.0. The maximum Gasteiger partial charge on any atom is 0.251 e. The molecule has 0 bridgehead atoms. The number of nitrogens with one attached hydrogen (secondary N) is 1. The van der Waals surface area contributed by atoms with Gasteiger partial charge in [-0.2, -0.15) is 0 Å². The molecule has 1 N–H and O–H groups in total. The number of carbonyl (C=O) groups is 2. The molecule has 0 aliphatic carbocycles. The molecule has 2 heterocycles. The van der Waals surface area contributed by atoms with Gasteiger partial charge in [0.1, 0.15) is 11.3 Å². The highest BCUT2D eigenvalue weighted by atomic mass is 16.3. The second kappa shape index (κ2) is 6.33. The maximum atomic E-state index is 12.6. The summed E-state index contributed by atoms with van der Waals surface area (Å²) in [6.07, 6.45) is 0.773. The first-order valence-corrected chi connectivity index (χ1v) is 8.73. The van der Waals surface area contributed by atoms with Crippen LogP contribution in [0.5, 0.6) is 0 Å². The number of fused-ring (bicyclic) bond motifs is 2. The minimum Gasteiger partial charge on any atom is -0.459 e. The van der Waals surface area contributed by atoms with E-state index in [-0.39, 0.29) is 17.9 Å². The van der Waals surface area contributed by atoms with Crippen molar-refractivity contribution in [3.63, 3.8) is 0 Å². The van der Waals surface area contributed by atoms with Crippen LogP contribution in [0.25, 0.3) is 11.0 Å². The van der Waals surface area contributed by atoms with E-state index >= 15 is 0 Å². The van der Waals surface area contributed by atoms with Crippen LogP contribution in [0.1, 0.15) is 41.6 Å². The van der Waals surface area contributed by atoms with Gasteiger partial charge in [-0.05, 0) is 49.2 Å². The van der Waals surface area contributed by atoms with E-state index in [0.717, 1.165) is 34.4 Å². The van der Waals surface area contributed by atoms with Crippen LogP contribution in [0.2, 0.25) is 0 Å². The number of rotatable bonds is 3. The Morgan fingerprint density at radius 2 is 1.96 bits per heavy atom. The fourth-order valence-electron chi connectivity index (χ4n) is 3.44. The number of para-hydroxylation sites is 1. The topological polar surface area (TPSA) is 62.6 Å². The molecule has 0 radical (unpaired) electrons. The van der Waals surface area contributed by atoms with Gasteiger partial charge in [-0.15, -0.1) is 0 Å². The predicted octanol–water partition coefficient (Wildman–Crippen LogP) is 3.83. The van der Waals surface area contributed by atoms with Gasteiger partial charge >= 0.3 is 0 Å². The first-order valence-electron chi connectivity index (χ1n) is 8.73. The largest absolute Gasteiger partial charge is 0.459 e. The summed E-state index contributed by atoms with van der Waals surface area (Å²) in [5.74, 6) is 0.602. The molecule has 2 amide bonds. The Balaban J connectivity index is 1.52. The molecule has 0 saturated heterocycles. The Bertz CT molecular complexity index is 972. The molecule has 1 aliphatic heterocycles. The highest BCUT2D eigenvalue weighted by molar-refractivity contribution is 5.98. The van der Waals surface area contributed by atoms with E-state index < -0.39 is 0 Å². The zero-order valence-electron chi connectivity index (χ0n) is 14.8. The number of nitrogens with zero attached hydrogens (tertiary/aromatic N) is 1. The number of hydrogen-bond acceptors (Lipinski definition) is 3. The summed E-state index contributed by atoms with van der Waals surface area (Å²) in [6.45, 7) is 4.14. The second-order valence-corrected chi connectivity index (χ2v) is 6.65. The third kappa shape index (κ3) is 2.86. The van der Waals surface area contributed by atoms with E-state index in [1.807, 2.05) is 49.4 Å². The normalized spacial score (nSPS) is 14.3. The van der Waals surface area contributed by atoms with E-state index in [0.29, 0.717) is 12.1 Å². The number of amides is 2. The van der Waals surface area contributed by atoms with Crippen molar-refractivity contribution in [1.82, 2.24) is 5.32 Å². The lowest BCUT2D eigenvalue weighted by Gasteiger charge is -2.15.